The molecule has 5 nitrogen and oxygen atoms in total. The Balaban J connectivity index is 1.87. The van der Waals surface area contributed by atoms with E-state index in [4.69, 9.17) is 9.47 Å². The van der Waals surface area contributed by atoms with Crippen LogP contribution in [-0.4, -0.2) is 35.7 Å². The Hall–Kier alpha value is -2.21. The topological polar surface area (TPSA) is 55.8 Å². The summed E-state index contributed by atoms with van der Waals surface area (Å²) in [6.45, 7) is 5.51. The van der Waals surface area contributed by atoms with E-state index in [0.29, 0.717) is 12.1 Å². The van der Waals surface area contributed by atoms with Crippen LogP contribution >= 0.6 is 0 Å². The molecule has 0 aromatic heterocycles. The standard InChI is InChI=1S/C20H24FNO4/c1-20(2)25-18(23)17(19(24)26-20)12-14-7-8-16(21)11-15(14)13-22-9-5-3-4-6-10-22/h7-8,11-12H,3-6,9-10,13H2,1-2H3. The van der Waals surface area contributed by atoms with Crippen LogP contribution in [-0.2, 0) is 25.6 Å². The zero-order valence-corrected chi connectivity index (χ0v) is 15.2. The predicted octanol–water partition coefficient (Wildman–Crippen LogP) is 3.42. The molecule has 0 bridgehead atoms. The van der Waals surface area contributed by atoms with E-state index in [0.717, 1.165) is 31.5 Å². The van der Waals surface area contributed by atoms with E-state index in [1.54, 1.807) is 6.07 Å². The Labute approximate surface area is 152 Å². The Kier molecular flexibility index (Phi) is 5.41. The highest BCUT2D eigenvalue weighted by atomic mass is 19.1. The summed E-state index contributed by atoms with van der Waals surface area (Å²) in [5.74, 6) is -3.07. The monoisotopic (exact) mass is 361 g/mol. The van der Waals surface area contributed by atoms with Gasteiger partial charge in [-0.1, -0.05) is 18.9 Å². The molecule has 0 N–H and O–H groups in total. The van der Waals surface area contributed by atoms with Crippen molar-refractivity contribution in [1.29, 1.82) is 0 Å². The van der Waals surface area contributed by atoms with Crippen LogP contribution in [0.5, 0.6) is 0 Å². The summed E-state index contributed by atoms with van der Waals surface area (Å²) in [5.41, 5.74) is 1.19. The average Bonchev–Trinajstić information content (AvgIpc) is 2.80. The minimum Gasteiger partial charge on any atom is -0.419 e. The molecule has 140 valence electrons. The molecule has 6 heteroatoms. The highest BCUT2D eigenvalue weighted by Gasteiger charge is 2.38. The van der Waals surface area contributed by atoms with Crippen LogP contribution in [0.25, 0.3) is 6.08 Å². The van der Waals surface area contributed by atoms with Gasteiger partial charge in [0, 0.05) is 20.4 Å². The largest absolute Gasteiger partial charge is 0.419 e. The van der Waals surface area contributed by atoms with E-state index >= 15 is 0 Å². The van der Waals surface area contributed by atoms with Crippen molar-refractivity contribution in [3.8, 4) is 0 Å². The summed E-state index contributed by atoms with van der Waals surface area (Å²) in [6.07, 6.45) is 6.11. The number of cyclic esters (lactones) is 2. The minimum absolute atomic E-state index is 0.173. The lowest BCUT2D eigenvalue weighted by Gasteiger charge is -2.30. The second-order valence-electron chi connectivity index (χ2n) is 7.27. The van der Waals surface area contributed by atoms with Gasteiger partial charge in [0.1, 0.15) is 11.4 Å². The first-order chi connectivity index (χ1) is 12.3. The van der Waals surface area contributed by atoms with E-state index in [1.807, 2.05) is 0 Å². The summed E-state index contributed by atoms with van der Waals surface area (Å²) in [4.78, 5) is 26.6. The van der Waals surface area contributed by atoms with Crippen molar-refractivity contribution in [2.75, 3.05) is 13.1 Å². The van der Waals surface area contributed by atoms with Crippen LogP contribution in [0.15, 0.2) is 23.8 Å². The van der Waals surface area contributed by atoms with Crippen LogP contribution in [0.2, 0.25) is 0 Å². The summed E-state index contributed by atoms with van der Waals surface area (Å²) in [5, 5.41) is 0. The fourth-order valence-electron chi connectivity index (χ4n) is 3.32. The normalized spacial score (nSPS) is 21.0. The summed E-state index contributed by atoms with van der Waals surface area (Å²) in [6, 6.07) is 4.36. The SMILES string of the molecule is CC1(C)OC(=O)C(=Cc2ccc(F)cc2CN2CCCCCC2)C(=O)O1. The number of rotatable bonds is 3. The van der Waals surface area contributed by atoms with Gasteiger partial charge in [-0.3, -0.25) is 4.90 Å². The van der Waals surface area contributed by atoms with Crippen molar-refractivity contribution in [2.45, 2.75) is 51.9 Å². The molecule has 0 amide bonds. The molecule has 0 atom stereocenters. The van der Waals surface area contributed by atoms with Crippen molar-refractivity contribution >= 4 is 18.0 Å². The third-order valence-corrected chi connectivity index (χ3v) is 4.61. The summed E-state index contributed by atoms with van der Waals surface area (Å²) in [7, 11) is 0. The second-order valence-corrected chi connectivity index (χ2v) is 7.27. The number of nitrogens with zero attached hydrogens (tertiary/aromatic N) is 1. The van der Waals surface area contributed by atoms with E-state index < -0.39 is 17.7 Å². The van der Waals surface area contributed by atoms with Gasteiger partial charge in [0.2, 0.25) is 0 Å². The van der Waals surface area contributed by atoms with Crippen LogP contribution < -0.4 is 0 Å². The molecule has 0 saturated carbocycles. The number of halogens is 1. The van der Waals surface area contributed by atoms with Crippen molar-refractivity contribution < 1.29 is 23.5 Å². The van der Waals surface area contributed by atoms with E-state index in [9.17, 15) is 14.0 Å². The zero-order valence-electron chi connectivity index (χ0n) is 15.2. The van der Waals surface area contributed by atoms with Crippen molar-refractivity contribution in [2.24, 2.45) is 0 Å². The van der Waals surface area contributed by atoms with Crippen molar-refractivity contribution in [3.05, 3.63) is 40.7 Å². The first kappa shape index (κ1) is 18.6. The molecule has 1 aromatic carbocycles. The van der Waals surface area contributed by atoms with Gasteiger partial charge in [-0.2, -0.15) is 0 Å². The second kappa shape index (κ2) is 7.58. The third kappa shape index (κ3) is 4.49. The lowest BCUT2D eigenvalue weighted by molar-refractivity contribution is -0.222. The number of hydrogen-bond donors (Lipinski definition) is 0. The molecule has 0 unspecified atom stereocenters. The number of ether oxygens (including phenoxy) is 2. The highest BCUT2D eigenvalue weighted by Crippen LogP contribution is 2.26. The van der Waals surface area contributed by atoms with Gasteiger partial charge in [0.15, 0.2) is 0 Å². The minimum atomic E-state index is -1.27. The number of carbonyl (C=O) groups is 2. The van der Waals surface area contributed by atoms with Gasteiger partial charge in [0.05, 0.1) is 0 Å². The molecule has 2 fully saturated rings. The summed E-state index contributed by atoms with van der Waals surface area (Å²) >= 11 is 0. The van der Waals surface area contributed by atoms with Crippen LogP contribution in [0.1, 0.15) is 50.7 Å². The molecule has 1 aromatic rings. The molecule has 0 spiro atoms. The maximum atomic E-state index is 13.8. The third-order valence-electron chi connectivity index (χ3n) is 4.61. The fraction of sp³-hybridized carbons (Fsp3) is 0.500. The van der Waals surface area contributed by atoms with Gasteiger partial charge in [-0.15, -0.1) is 0 Å². The zero-order chi connectivity index (χ0) is 18.7. The lowest BCUT2D eigenvalue weighted by Crippen LogP contribution is -2.41. The maximum Gasteiger partial charge on any atom is 0.348 e. The van der Waals surface area contributed by atoms with Crippen molar-refractivity contribution in [1.82, 2.24) is 4.90 Å². The lowest BCUT2D eigenvalue weighted by atomic mass is 10.0. The Morgan fingerprint density at radius 3 is 2.31 bits per heavy atom. The van der Waals surface area contributed by atoms with Crippen LogP contribution in [0.4, 0.5) is 4.39 Å². The first-order valence-corrected chi connectivity index (χ1v) is 9.03. The Bertz CT molecular complexity index is 711. The van der Waals surface area contributed by atoms with E-state index in [2.05, 4.69) is 4.90 Å². The predicted molar refractivity (Wildman–Crippen MR) is 94.4 cm³/mol. The van der Waals surface area contributed by atoms with Gasteiger partial charge >= 0.3 is 11.9 Å². The maximum absolute atomic E-state index is 13.8. The molecule has 2 aliphatic heterocycles. The molecule has 2 saturated heterocycles. The number of benzene rings is 1. The van der Waals surface area contributed by atoms with Gasteiger partial charge in [-0.25, -0.2) is 14.0 Å². The number of carbonyl (C=O) groups excluding carboxylic acids is 2. The molecule has 0 radical (unpaired) electrons. The Morgan fingerprint density at radius 2 is 1.69 bits per heavy atom. The quantitative estimate of drug-likeness (QED) is 0.469. The smallest absolute Gasteiger partial charge is 0.348 e. The van der Waals surface area contributed by atoms with E-state index in [1.165, 1.54) is 44.9 Å². The first-order valence-electron chi connectivity index (χ1n) is 9.03. The molecule has 0 aliphatic carbocycles. The summed E-state index contributed by atoms with van der Waals surface area (Å²) < 4.78 is 24.0. The molecular formula is C20H24FNO4. The van der Waals surface area contributed by atoms with Crippen LogP contribution in [0.3, 0.4) is 0 Å². The average molecular weight is 361 g/mol. The highest BCUT2D eigenvalue weighted by molar-refractivity contribution is 6.18. The Morgan fingerprint density at radius 1 is 1.08 bits per heavy atom. The number of hydrogen-bond acceptors (Lipinski definition) is 5. The van der Waals surface area contributed by atoms with E-state index in [-0.39, 0.29) is 11.4 Å². The fourth-order valence-corrected chi connectivity index (χ4v) is 3.32. The molecule has 3 rings (SSSR count). The van der Waals surface area contributed by atoms with Crippen LogP contribution in [0, 0.1) is 5.82 Å². The van der Waals surface area contributed by atoms with Gasteiger partial charge in [0.25, 0.3) is 5.79 Å². The number of esters is 2. The number of likely N-dealkylation sites (tertiary alicyclic amines) is 1. The van der Waals surface area contributed by atoms with Gasteiger partial charge in [-0.05, 0) is 55.3 Å². The van der Waals surface area contributed by atoms with Gasteiger partial charge < -0.3 is 9.47 Å². The molecule has 26 heavy (non-hydrogen) atoms. The molecule has 2 aliphatic rings. The molecular weight excluding hydrogens is 337 g/mol. The van der Waals surface area contributed by atoms with Crippen molar-refractivity contribution in [3.63, 3.8) is 0 Å². The molecule has 2 heterocycles.